The second-order valence-corrected chi connectivity index (χ2v) is 5.41. The molecule has 2 rings (SSSR count). The highest BCUT2D eigenvalue weighted by molar-refractivity contribution is 7.11. The van der Waals surface area contributed by atoms with Crippen LogP contribution in [0.2, 0.25) is 0 Å². The fourth-order valence-corrected chi connectivity index (χ4v) is 3.20. The highest BCUT2D eigenvalue weighted by Gasteiger charge is 2.25. The maximum atomic E-state index is 11.9. The first-order chi connectivity index (χ1) is 9.17. The smallest absolute Gasteiger partial charge is 0.257 e. The number of hydrogen-bond donors (Lipinski definition) is 2. The summed E-state index contributed by atoms with van der Waals surface area (Å²) >= 11 is 1.31. The number of carbonyl (C=O) groups is 1. The van der Waals surface area contributed by atoms with Gasteiger partial charge < -0.3 is 16.0 Å². The summed E-state index contributed by atoms with van der Waals surface area (Å²) in [5.74, 6) is 0.174. The van der Waals surface area contributed by atoms with E-state index < -0.39 is 0 Å². The topological polar surface area (TPSA) is 74.5 Å². The van der Waals surface area contributed by atoms with Crippen molar-refractivity contribution in [3.63, 3.8) is 0 Å². The Morgan fingerprint density at radius 1 is 1.42 bits per heavy atom. The van der Waals surface area contributed by atoms with Crippen LogP contribution in [0.5, 0.6) is 0 Å². The molecule has 2 heterocycles. The van der Waals surface area contributed by atoms with Crippen LogP contribution in [0.15, 0.2) is 0 Å². The molecule has 1 aromatic heterocycles. The van der Waals surface area contributed by atoms with Crippen LogP contribution in [-0.2, 0) is 0 Å². The van der Waals surface area contributed by atoms with Crippen molar-refractivity contribution in [2.45, 2.75) is 13.3 Å². The van der Waals surface area contributed by atoms with Gasteiger partial charge in [0.2, 0.25) is 0 Å². The predicted molar refractivity (Wildman–Crippen MR) is 78.9 cm³/mol. The predicted octanol–water partition coefficient (Wildman–Crippen LogP) is 0.617. The number of aromatic nitrogens is 1. The summed E-state index contributed by atoms with van der Waals surface area (Å²) in [5, 5.41) is 3.52. The summed E-state index contributed by atoms with van der Waals surface area (Å²) in [5.41, 5.74) is 6.33. The number of nitrogens with two attached hydrogens (primary N) is 1. The molecule has 0 aromatic carbocycles. The van der Waals surface area contributed by atoms with Crippen molar-refractivity contribution in [2.24, 2.45) is 0 Å². The number of nitrogen functional groups attached to an aromatic ring is 1. The van der Waals surface area contributed by atoms with Gasteiger partial charge in [-0.15, -0.1) is 0 Å². The molecule has 1 saturated heterocycles. The average Bonchev–Trinajstić information content (AvgIpc) is 2.81. The van der Waals surface area contributed by atoms with Crippen LogP contribution in [0.25, 0.3) is 0 Å². The molecule has 6 nitrogen and oxygen atoms in total. The van der Waals surface area contributed by atoms with Crippen LogP contribution in [-0.4, -0.2) is 55.0 Å². The van der Waals surface area contributed by atoms with Crippen molar-refractivity contribution in [3.8, 4) is 0 Å². The standard InChI is InChI=1S/C12H21N5OS/c1-3-4-16-5-7-17(8-6-16)12-9(11(18)14-2)10(13)15-19-12/h3-8H2,1-2H3,(H2,13,15)(H,14,18). The highest BCUT2D eigenvalue weighted by atomic mass is 32.1. The lowest BCUT2D eigenvalue weighted by Gasteiger charge is -2.35. The van der Waals surface area contributed by atoms with Gasteiger partial charge in [-0.25, -0.2) is 0 Å². The molecular weight excluding hydrogens is 262 g/mol. The molecule has 0 saturated carbocycles. The van der Waals surface area contributed by atoms with Gasteiger partial charge in [-0.1, -0.05) is 6.92 Å². The summed E-state index contributed by atoms with van der Waals surface area (Å²) in [6.07, 6.45) is 1.18. The van der Waals surface area contributed by atoms with E-state index in [1.165, 1.54) is 18.0 Å². The largest absolute Gasteiger partial charge is 0.382 e. The normalized spacial score (nSPS) is 16.6. The Hall–Kier alpha value is -1.34. The SMILES string of the molecule is CCCN1CCN(c2snc(N)c2C(=O)NC)CC1. The first-order valence-electron chi connectivity index (χ1n) is 6.61. The number of carbonyl (C=O) groups excluding carboxylic acids is 1. The van der Waals surface area contributed by atoms with E-state index in [1.54, 1.807) is 7.05 Å². The third-order valence-corrected chi connectivity index (χ3v) is 4.28. The van der Waals surface area contributed by atoms with Crippen LogP contribution < -0.4 is 16.0 Å². The number of anilines is 2. The third-order valence-electron chi connectivity index (χ3n) is 3.35. The molecule has 0 bridgehead atoms. The first-order valence-corrected chi connectivity index (χ1v) is 7.39. The molecule has 3 N–H and O–H groups in total. The third kappa shape index (κ3) is 2.98. The van der Waals surface area contributed by atoms with Crippen LogP contribution in [0, 0.1) is 0 Å². The van der Waals surface area contributed by atoms with Crippen LogP contribution in [0.4, 0.5) is 10.8 Å². The Balaban J connectivity index is 2.09. The van der Waals surface area contributed by atoms with E-state index in [9.17, 15) is 4.79 Å². The molecule has 1 aliphatic heterocycles. The quantitative estimate of drug-likeness (QED) is 0.847. The van der Waals surface area contributed by atoms with Crippen molar-refractivity contribution >= 4 is 28.3 Å². The van der Waals surface area contributed by atoms with Gasteiger partial charge in [-0.2, -0.15) is 4.37 Å². The van der Waals surface area contributed by atoms with Crippen molar-refractivity contribution in [1.82, 2.24) is 14.6 Å². The monoisotopic (exact) mass is 283 g/mol. The fraction of sp³-hybridized carbons (Fsp3) is 0.667. The summed E-state index contributed by atoms with van der Waals surface area (Å²) < 4.78 is 4.12. The molecule has 0 radical (unpaired) electrons. The van der Waals surface area contributed by atoms with Gasteiger partial charge in [0.1, 0.15) is 10.6 Å². The maximum absolute atomic E-state index is 11.9. The van der Waals surface area contributed by atoms with Gasteiger partial charge >= 0.3 is 0 Å². The van der Waals surface area contributed by atoms with E-state index in [0.717, 1.165) is 37.7 Å². The fourth-order valence-electron chi connectivity index (χ4n) is 2.34. The molecule has 0 atom stereocenters. The zero-order valence-corrected chi connectivity index (χ0v) is 12.3. The zero-order chi connectivity index (χ0) is 13.8. The van der Waals surface area contributed by atoms with Gasteiger partial charge in [0, 0.05) is 33.2 Å². The molecule has 0 aliphatic carbocycles. The van der Waals surface area contributed by atoms with E-state index in [1.807, 2.05) is 0 Å². The van der Waals surface area contributed by atoms with Crippen LogP contribution in [0.1, 0.15) is 23.7 Å². The minimum Gasteiger partial charge on any atom is -0.382 e. The number of amides is 1. The van der Waals surface area contributed by atoms with E-state index in [0.29, 0.717) is 11.4 Å². The highest BCUT2D eigenvalue weighted by Crippen LogP contribution is 2.31. The number of hydrogen-bond acceptors (Lipinski definition) is 6. The minimum atomic E-state index is -0.155. The molecule has 1 fully saturated rings. The Morgan fingerprint density at radius 3 is 2.68 bits per heavy atom. The van der Waals surface area contributed by atoms with E-state index in [-0.39, 0.29) is 5.91 Å². The Labute approximate surface area is 117 Å². The lowest BCUT2D eigenvalue weighted by atomic mass is 10.2. The number of piperazine rings is 1. The molecular formula is C12H21N5OS. The molecule has 1 aromatic rings. The van der Waals surface area contributed by atoms with Gasteiger partial charge in [-0.3, -0.25) is 9.69 Å². The van der Waals surface area contributed by atoms with Gasteiger partial charge in [0.05, 0.1) is 0 Å². The van der Waals surface area contributed by atoms with Crippen LogP contribution in [0.3, 0.4) is 0 Å². The zero-order valence-electron chi connectivity index (χ0n) is 11.5. The van der Waals surface area contributed by atoms with E-state index in [2.05, 4.69) is 26.4 Å². The minimum absolute atomic E-state index is 0.155. The van der Waals surface area contributed by atoms with Gasteiger partial charge in [0.15, 0.2) is 5.82 Å². The lowest BCUT2D eigenvalue weighted by Crippen LogP contribution is -2.46. The van der Waals surface area contributed by atoms with Crippen molar-refractivity contribution in [1.29, 1.82) is 0 Å². The maximum Gasteiger partial charge on any atom is 0.257 e. The van der Waals surface area contributed by atoms with Crippen molar-refractivity contribution in [3.05, 3.63) is 5.56 Å². The Kier molecular flexibility index (Phi) is 4.60. The summed E-state index contributed by atoms with van der Waals surface area (Å²) in [6, 6.07) is 0. The summed E-state index contributed by atoms with van der Waals surface area (Å²) in [4.78, 5) is 16.5. The van der Waals surface area contributed by atoms with Crippen molar-refractivity contribution < 1.29 is 4.79 Å². The van der Waals surface area contributed by atoms with Crippen molar-refractivity contribution in [2.75, 3.05) is 50.4 Å². The van der Waals surface area contributed by atoms with Gasteiger partial charge in [-0.05, 0) is 24.5 Å². The van der Waals surface area contributed by atoms with Crippen LogP contribution >= 0.6 is 11.5 Å². The number of nitrogens with one attached hydrogen (secondary N) is 1. The molecule has 0 spiro atoms. The molecule has 19 heavy (non-hydrogen) atoms. The summed E-state index contributed by atoms with van der Waals surface area (Å²) in [6.45, 7) is 7.23. The molecule has 0 unspecified atom stereocenters. The first kappa shape index (κ1) is 14.1. The molecule has 7 heteroatoms. The number of rotatable bonds is 4. The molecule has 1 aliphatic rings. The summed E-state index contributed by atoms with van der Waals surface area (Å²) in [7, 11) is 1.61. The average molecular weight is 283 g/mol. The second kappa shape index (κ2) is 6.21. The Bertz CT molecular complexity index is 439. The molecule has 1 amide bonds. The van der Waals surface area contributed by atoms with E-state index in [4.69, 9.17) is 5.73 Å². The van der Waals surface area contributed by atoms with E-state index >= 15 is 0 Å². The molecule has 106 valence electrons. The second-order valence-electron chi connectivity index (χ2n) is 4.66. The lowest BCUT2D eigenvalue weighted by molar-refractivity contribution is 0.0964. The Morgan fingerprint density at radius 2 is 2.11 bits per heavy atom. The van der Waals surface area contributed by atoms with Gasteiger partial charge in [0.25, 0.3) is 5.91 Å². The number of nitrogens with zero attached hydrogens (tertiary/aromatic N) is 3.